The Hall–Kier alpha value is -1.95. The minimum atomic E-state index is -1.29. The molecule has 6 heteroatoms. The third-order valence-corrected chi connectivity index (χ3v) is 4.59. The highest BCUT2D eigenvalue weighted by Gasteiger charge is 2.49. The van der Waals surface area contributed by atoms with Gasteiger partial charge in [-0.05, 0) is 37.3 Å². The lowest BCUT2D eigenvalue weighted by molar-refractivity contribution is -0.163. The van der Waals surface area contributed by atoms with Crippen LogP contribution in [0.2, 0.25) is 0 Å². The van der Waals surface area contributed by atoms with Crippen molar-refractivity contribution in [3.05, 3.63) is 30.1 Å². The summed E-state index contributed by atoms with van der Waals surface area (Å²) in [5, 5.41) is 20.1. The van der Waals surface area contributed by atoms with Crippen LogP contribution in [0.3, 0.4) is 0 Å². The van der Waals surface area contributed by atoms with E-state index in [0.29, 0.717) is 30.9 Å². The Bertz CT molecular complexity index is 561. The van der Waals surface area contributed by atoms with Gasteiger partial charge in [-0.25, -0.2) is 0 Å². The van der Waals surface area contributed by atoms with Gasteiger partial charge in [0, 0.05) is 31.0 Å². The van der Waals surface area contributed by atoms with Crippen molar-refractivity contribution in [2.24, 2.45) is 11.3 Å². The van der Waals surface area contributed by atoms with Crippen molar-refractivity contribution in [1.82, 2.24) is 9.88 Å². The van der Waals surface area contributed by atoms with Gasteiger partial charge in [0.25, 0.3) is 5.91 Å². The van der Waals surface area contributed by atoms with Crippen LogP contribution < -0.4 is 0 Å². The smallest absolute Gasteiger partial charge is 0.314 e. The molecule has 1 saturated heterocycles. The summed E-state index contributed by atoms with van der Waals surface area (Å²) in [6.45, 7) is 4.44. The van der Waals surface area contributed by atoms with Crippen molar-refractivity contribution in [3.8, 4) is 0 Å². The van der Waals surface area contributed by atoms with Crippen LogP contribution in [0.15, 0.2) is 24.5 Å². The molecule has 1 aliphatic rings. The van der Waals surface area contributed by atoms with Crippen LogP contribution in [0.25, 0.3) is 0 Å². The quantitative estimate of drug-likeness (QED) is 0.863. The standard InChI is InChI=1S/C17H24N2O4/c1-12(2)3-7-17(16(22)23)11-19(10-6-14(17)20)15(21)13-4-8-18-9-5-13/h4-5,8-9,12,14,20H,3,6-7,10-11H2,1-2H3,(H,22,23)/t14-,17-/m1/s1. The van der Waals surface area contributed by atoms with Crippen molar-refractivity contribution in [2.45, 2.75) is 39.2 Å². The molecule has 0 bridgehead atoms. The predicted molar refractivity (Wildman–Crippen MR) is 84.9 cm³/mol. The highest BCUT2D eigenvalue weighted by molar-refractivity contribution is 5.94. The minimum Gasteiger partial charge on any atom is -0.481 e. The van der Waals surface area contributed by atoms with E-state index in [9.17, 15) is 19.8 Å². The second kappa shape index (κ2) is 7.08. The third kappa shape index (κ3) is 3.69. The maximum absolute atomic E-state index is 12.6. The molecule has 1 aromatic heterocycles. The Balaban J connectivity index is 2.22. The van der Waals surface area contributed by atoms with Crippen LogP contribution in [-0.4, -0.2) is 51.2 Å². The van der Waals surface area contributed by atoms with Crippen LogP contribution in [0, 0.1) is 11.3 Å². The van der Waals surface area contributed by atoms with E-state index in [1.165, 1.54) is 17.3 Å². The molecule has 1 amide bonds. The number of hydrogen-bond donors (Lipinski definition) is 2. The first-order valence-electron chi connectivity index (χ1n) is 7.97. The molecule has 2 N–H and O–H groups in total. The highest BCUT2D eigenvalue weighted by Crippen LogP contribution is 2.37. The van der Waals surface area contributed by atoms with E-state index in [2.05, 4.69) is 4.98 Å². The molecule has 6 nitrogen and oxygen atoms in total. The summed E-state index contributed by atoms with van der Waals surface area (Å²) in [6.07, 6.45) is 3.48. The number of likely N-dealkylation sites (tertiary alicyclic amines) is 1. The summed E-state index contributed by atoms with van der Waals surface area (Å²) in [5.41, 5.74) is -0.801. The number of carbonyl (C=O) groups excluding carboxylic acids is 1. The van der Waals surface area contributed by atoms with Gasteiger partial charge in [0.05, 0.1) is 6.10 Å². The lowest BCUT2D eigenvalue weighted by Gasteiger charge is -2.43. The molecule has 23 heavy (non-hydrogen) atoms. The Morgan fingerprint density at radius 3 is 2.61 bits per heavy atom. The average Bonchev–Trinajstić information content (AvgIpc) is 2.54. The maximum Gasteiger partial charge on any atom is 0.314 e. The summed E-state index contributed by atoms with van der Waals surface area (Å²) in [4.78, 5) is 29.9. The lowest BCUT2D eigenvalue weighted by Crippen LogP contribution is -2.57. The summed E-state index contributed by atoms with van der Waals surface area (Å²) in [7, 11) is 0. The fourth-order valence-electron chi connectivity index (χ4n) is 3.04. The normalized spacial score (nSPS) is 24.7. The topological polar surface area (TPSA) is 90.7 Å². The third-order valence-electron chi connectivity index (χ3n) is 4.59. The van der Waals surface area contributed by atoms with Gasteiger partial charge in [0.2, 0.25) is 0 Å². The van der Waals surface area contributed by atoms with Gasteiger partial charge in [-0.3, -0.25) is 14.6 Å². The molecule has 126 valence electrons. The Labute approximate surface area is 136 Å². The van der Waals surface area contributed by atoms with Gasteiger partial charge in [0.1, 0.15) is 5.41 Å². The fourth-order valence-corrected chi connectivity index (χ4v) is 3.04. The molecule has 1 fully saturated rings. The fraction of sp³-hybridized carbons (Fsp3) is 0.588. The Morgan fingerprint density at radius 2 is 2.04 bits per heavy atom. The molecule has 0 aliphatic carbocycles. The number of pyridine rings is 1. The lowest BCUT2D eigenvalue weighted by atomic mass is 9.72. The number of rotatable bonds is 5. The number of carboxylic acid groups (broad SMARTS) is 1. The number of aliphatic hydroxyl groups excluding tert-OH is 1. The van der Waals surface area contributed by atoms with Gasteiger partial charge in [-0.2, -0.15) is 0 Å². The number of hydrogen-bond acceptors (Lipinski definition) is 4. The first-order valence-corrected chi connectivity index (χ1v) is 7.97. The first kappa shape index (κ1) is 17.4. The van der Waals surface area contributed by atoms with Crippen molar-refractivity contribution in [2.75, 3.05) is 13.1 Å². The second-order valence-electron chi connectivity index (χ2n) is 6.66. The number of piperidine rings is 1. The van der Waals surface area contributed by atoms with Crippen LogP contribution in [0.4, 0.5) is 0 Å². The number of nitrogens with zero attached hydrogens (tertiary/aromatic N) is 2. The summed E-state index contributed by atoms with van der Waals surface area (Å²) >= 11 is 0. The molecule has 0 saturated carbocycles. The molecule has 0 spiro atoms. The van der Waals surface area contributed by atoms with Gasteiger partial charge < -0.3 is 15.1 Å². The monoisotopic (exact) mass is 320 g/mol. The molecular weight excluding hydrogens is 296 g/mol. The van der Waals surface area contributed by atoms with Crippen LogP contribution in [0.1, 0.15) is 43.5 Å². The molecule has 0 radical (unpaired) electrons. The molecule has 0 unspecified atom stereocenters. The molecule has 2 atom stereocenters. The van der Waals surface area contributed by atoms with E-state index >= 15 is 0 Å². The summed E-state index contributed by atoms with van der Waals surface area (Å²) in [5.74, 6) is -0.906. The number of aliphatic hydroxyl groups is 1. The van der Waals surface area contributed by atoms with Crippen molar-refractivity contribution in [3.63, 3.8) is 0 Å². The van der Waals surface area contributed by atoms with Gasteiger partial charge in [-0.1, -0.05) is 13.8 Å². The van der Waals surface area contributed by atoms with E-state index in [1.54, 1.807) is 12.1 Å². The summed E-state index contributed by atoms with van der Waals surface area (Å²) in [6, 6.07) is 3.23. The molecule has 2 rings (SSSR count). The Kier molecular flexibility index (Phi) is 5.36. The number of aromatic nitrogens is 1. The van der Waals surface area contributed by atoms with Crippen molar-refractivity contribution in [1.29, 1.82) is 0 Å². The van der Waals surface area contributed by atoms with Crippen LogP contribution >= 0.6 is 0 Å². The SMILES string of the molecule is CC(C)CC[C@@]1(C(=O)O)CN(C(=O)c2ccncc2)CC[C@H]1O. The second-order valence-corrected chi connectivity index (χ2v) is 6.66. The summed E-state index contributed by atoms with van der Waals surface area (Å²) < 4.78 is 0. The zero-order chi connectivity index (χ0) is 17.0. The van der Waals surface area contributed by atoms with E-state index in [0.717, 1.165) is 0 Å². The largest absolute Gasteiger partial charge is 0.481 e. The van der Waals surface area contributed by atoms with Crippen LogP contribution in [0.5, 0.6) is 0 Å². The number of aliphatic carboxylic acids is 1. The molecule has 1 aromatic rings. The van der Waals surface area contributed by atoms with E-state index in [1.807, 2.05) is 13.8 Å². The van der Waals surface area contributed by atoms with Crippen molar-refractivity contribution >= 4 is 11.9 Å². The molecule has 0 aromatic carbocycles. The number of carbonyl (C=O) groups is 2. The van der Waals surface area contributed by atoms with Crippen LogP contribution in [-0.2, 0) is 4.79 Å². The zero-order valence-corrected chi connectivity index (χ0v) is 13.6. The Morgan fingerprint density at radius 1 is 1.39 bits per heavy atom. The van der Waals surface area contributed by atoms with Gasteiger partial charge >= 0.3 is 5.97 Å². The average molecular weight is 320 g/mol. The first-order chi connectivity index (χ1) is 10.9. The van der Waals surface area contributed by atoms with E-state index in [4.69, 9.17) is 0 Å². The number of carboxylic acids is 1. The highest BCUT2D eigenvalue weighted by atomic mass is 16.4. The molecule has 1 aliphatic heterocycles. The molecular formula is C17H24N2O4. The van der Waals surface area contributed by atoms with E-state index in [-0.39, 0.29) is 18.9 Å². The number of amides is 1. The van der Waals surface area contributed by atoms with Gasteiger partial charge in [-0.15, -0.1) is 0 Å². The minimum absolute atomic E-state index is 0.0391. The van der Waals surface area contributed by atoms with Crippen molar-refractivity contribution < 1.29 is 19.8 Å². The maximum atomic E-state index is 12.6. The predicted octanol–water partition coefficient (Wildman–Crippen LogP) is 1.80. The zero-order valence-electron chi connectivity index (χ0n) is 13.6. The van der Waals surface area contributed by atoms with E-state index < -0.39 is 17.5 Å². The molecule has 2 heterocycles. The van der Waals surface area contributed by atoms with Gasteiger partial charge in [0.15, 0.2) is 0 Å².